The van der Waals surface area contributed by atoms with Crippen LogP contribution in [0, 0.1) is 6.92 Å². The van der Waals surface area contributed by atoms with Gasteiger partial charge in [0.1, 0.15) is 0 Å². The molecule has 0 radical (unpaired) electrons. The van der Waals surface area contributed by atoms with Gasteiger partial charge in [-0.1, -0.05) is 6.07 Å². The van der Waals surface area contributed by atoms with Gasteiger partial charge < -0.3 is 10.6 Å². The first-order chi connectivity index (χ1) is 11.7. The van der Waals surface area contributed by atoms with E-state index in [0.29, 0.717) is 12.2 Å². The van der Waals surface area contributed by atoms with E-state index in [1.54, 1.807) is 7.05 Å². The number of hydrogen-bond donors (Lipinski definition) is 2. The van der Waals surface area contributed by atoms with Crippen molar-refractivity contribution in [1.29, 1.82) is 0 Å². The molecule has 0 aliphatic carbocycles. The van der Waals surface area contributed by atoms with Crippen LogP contribution in [0.5, 0.6) is 0 Å². The van der Waals surface area contributed by atoms with Gasteiger partial charge in [-0.25, -0.2) is 4.68 Å². The van der Waals surface area contributed by atoms with E-state index in [9.17, 15) is 22.8 Å². The van der Waals surface area contributed by atoms with Crippen molar-refractivity contribution in [3.05, 3.63) is 57.5 Å². The molecule has 0 saturated carbocycles. The van der Waals surface area contributed by atoms with Crippen LogP contribution in [0.1, 0.15) is 21.7 Å². The lowest BCUT2D eigenvalue weighted by Gasteiger charge is -2.13. The molecule has 9 heteroatoms. The first-order valence-electron chi connectivity index (χ1n) is 7.45. The predicted molar refractivity (Wildman–Crippen MR) is 85.8 cm³/mol. The predicted octanol–water partition coefficient (Wildman–Crippen LogP) is 1.51. The summed E-state index contributed by atoms with van der Waals surface area (Å²) < 4.78 is 39.8. The summed E-state index contributed by atoms with van der Waals surface area (Å²) in [6.45, 7) is 2.31. The maximum Gasteiger partial charge on any atom is 0.416 e. The van der Waals surface area contributed by atoms with Crippen LogP contribution in [0.4, 0.5) is 13.2 Å². The Bertz CT molecular complexity index is 831. The lowest BCUT2D eigenvalue weighted by Crippen LogP contribution is -2.35. The summed E-state index contributed by atoms with van der Waals surface area (Å²) in [6, 6.07) is 5.67. The van der Waals surface area contributed by atoms with E-state index in [-0.39, 0.29) is 17.9 Å². The first-order valence-corrected chi connectivity index (χ1v) is 7.45. The summed E-state index contributed by atoms with van der Waals surface area (Å²) in [7, 11) is 1.71. The Hall–Kier alpha value is -2.68. The zero-order valence-electron chi connectivity index (χ0n) is 13.6. The molecule has 0 saturated heterocycles. The lowest BCUT2D eigenvalue weighted by atomic mass is 10.2. The van der Waals surface area contributed by atoms with E-state index in [2.05, 4.69) is 15.7 Å². The van der Waals surface area contributed by atoms with Crippen LogP contribution in [-0.2, 0) is 6.18 Å². The smallest absolute Gasteiger partial charge is 0.349 e. The van der Waals surface area contributed by atoms with E-state index < -0.39 is 23.1 Å². The number of nitrogens with one attached hydrogen (secondary N) is 2. The van der Waals surface area contributed by atoms with Gasteiger partial charge in [0.15, 0.2) is 5.69 Å². The number of nitrogens with zero attached hydrogens (tertiary/aromatic N) is 2. The monoisotopic (exact) mass is 354 g/mol. The summed E-state index contributed by atoms with van der Waals surface area (Å²) in [6.07, 6.45) is -4.50. The van der Waals surface area contributed by atoms with Crippen LogP contribution in [-0.4, -0.2) is 35.8 Å². The molecule has 6 nitrogen and oxygen atoms in total. The zero-order chi connectivity index (χ0) is 18.6. The molecule has 1 aromatic carbocycles. The number of aromatic nitrogens is 2. The number of aryl methyl sites for hydroxylation is 1. The maximum absolute atomic E-state index is 12.9. The Labute approximate surface area is 141 Å². The topological polar surface area (TPSA) is 76.0 Å². The van der Waals surface area contributed by atoms with Crippen molar-refractivity contribution < 1.29 is 18.0 Å². The minimum Gasteiger partial charge on any atom is -0.349 e. The normalized spacial score (nSPS) is 11.4. The average Bonchev–Trinajstić information content (AvgIpc) is 2.54. The Morgan fingerprint density at radius 1 is 1.24 bits per heavy atom. The Balaban J connectivity index is 2.44. The van der Waals surface area contributed by atoms with Crippen molar-refractivity contribution in [3.63, 3.8) is 0 Å². The maximum atomic E-state index is 12.9. The molecule has 2 aromatic rings. The molecule has 1 aromatic heterocycles. The molecule has 0 fully saturated rings. The molecular formula is C16H17F3N4O2. The van der Waals surface area contributed by atoms with Gasteiger partial charge in [-0.3, -0.25) is 9.59 Å². The summed E-state index contributed by atoms with van der Waals surface area (Å²) in [5.74, 6) is -0.680. The van der Waals surface area contributed by atoms with Crippen molar-refractivity contribution in [2.45, 2.75) is 13.1 Å². The standard InChI is InChI=1S/C16H17F3N4O2/c1-10-8-13(24)14(15(25)21-7-6-20-2)22-23(10)12-5-3-4-11(9-12)16(17,18)19/h3-5,8-9,20H,6-7H2,1-2H3,(H,21,25). The van der Waals surface area contributed by atoms with Gasteiger partial charge in [-0.15, -0.1) is 0 Å². The van der Waals surface area contributed by atoms with Gasteiger partial charge in [-0.05, 0) is 32.2 Å². The average molecular weight is 354 g/mol. The highest BCUT2D eigenvalue weighted by Gasteiger charge is 2.30. The minimum atomic E-state index is -4.50. The molecule has 0 aliphatic rings. The van der Waals surface area contributed by atoms with Gasteiger partial charge in [-0.2, -0.15) is 18.3 Å². The molecule has 1 amide bonds. The number of hydrogen-bond acceptors (Lipinski definition) is 4. The third kappa shape index (κ3) is 4.44. The largest absolute Gasteiger partial charge is 0.416 e. The third-order valence-corrected chi connectivity index (χ3v) is 3.40. The number of carbonyl (C=O) groups excluding carboxylic acids is 1. The molecule has 134 valence electrons. The Kier molecular flexibility index (Phi) is 5.58. The van der Waals surface area contributed by atoms with Crippen molar-refractivity contribution in [2.75, 3.05) is 20.1 Å². The van der Waals surface area contributed by atoms with Crippen LogP contribution < -0.4 is 16.1 Å². The van der Waals surface area contributed by atoms with Crippen molar-refractivity contribution in [1.82, 2.24) is 20.4 Å². The highest BCUT2D eigenvalue weighted by atomic mass is 19.4. The second kappa shape index (κ2) is 7.47. The van der Waals surface area contributed by atoms with E-state index in [0.717, 1.165) is 16.8 Å². The minimum absolute atomic E-state index is 0.108. The summed E-state index contributed by atoms with van der Waals surface area (Å²) in [4.78, 5) is 24.1. The fourth-order valence-corrected chi connectivity index (χ4v) is 2.16. The fraction of sp³-hybridized carbons (Fsp3) is 0.312. The van der Waals surface area contributed by atoms with Gasteiger partial charge in [0.25, 0.3) is 5.91 Å². The van der Waals surface area contributed by atoms with Crippen LogP contribution in [0.15, 0.2) is 35.1 Å². The van der Waals surface area contributed by atoms with Gasteiger partial charge in [0.2, 0.25) is 5.43 Å². The highest BCUT2D eigenvalue weighted by Crippen LogP contribution is 2.30. The molecule has 0 aliphatic heterocycles. The van der Waals surface area contributed by atoms with Gasteiger partial charge in [0, 0.05) is 24.8 Å². The Morgan fingerprint density at radius 2 is 1.96 bits per heavy atom. The van der Waals surface area contributed by atoms with Crippen molar-refractivity contribution in [3.8, 4) is 5.69 Å². The number of likely N-dealkylation sites (N-methyl/N-ethyl adjacent to an activating group) is 1. The fourth-order valence-electron chi connectivity index (χ4n) is 2.16. The number of halogens is 3. The van der Waals surface area contributed by atoms with Crippen LogP contribution in [0.2, 0.25) is 0 Å². The molecule has 25 heavy (non-hydrogen) atoms. The molecule has 1 heterocycles. The summed E-state index contributed by atoms with van der Waals surface area (Å²) in [5, 5.41) is 9.30. The molecule has 0 spiro atoms. The second-order valence-corrected chi connectivity index (χ2v) is 5.32. The molecule has 0 atom stereocenters. The van der Waals surface area contributed by atoms with E-state index in [1.165, 1.54) is 25.1 Å². The number of alkyl halides is 3. The highest BCUT2D eigenvalue weighted by molar-refractivity contribution is 5.92. The zero-order valence-corrected chi connectivity index (χ0v) is 13.6. The van der Waals surface area contributed by atoms with E-state index >= 15 is 0 Å². The number of benzene rings is 1. The Morgan fingerprint density at radius 3 is 2.60 bits per heavy atom. The van der Waals surface area contributed by atoms with Gasteiger partial charge in [0.05, 0.1) is 11.3 Å². The van der Waals surface area contributed by atoms with E-state index in [4.69, 9.17) is 0 Å². The number of carbonyl (C=O) groups is 1. The molecule has 0 bridgehead atoms. The van der Waals surface area contributed by atoms with E-state index in [1.807, 2.05) is 0 Å². The number of amides is 1. The van der Waals surface area contributed by atoms with Crippen molar-refractivity contribution in [2.24, 2.45) is 0 Å². The second-order valence-electron chi connectivity index (χ2n) is 5.32. The number of rotatable bonds is 5. The SMILES string of the molecule is CNCCNC(=O)c1nn(-c2cccc(C(F)(F)F)c2)c(C)cc1=O. The molecule has 0 unspecified atom stereocenters. The first kappa shape index (κ1) is 18.7. The van der Waals surface area contributed by atoms with Crippen LogP contribution >= 0.6 is 0 Å². The molecule has 2 N–H and O–H groups in total. The molecule has 2 rings (SSSR count). The lowest BCUT2D eigenvalue weighted by molar-refractivity contribution is -0.137. The quantitative estimate of drug-likeness (QED) is 0.798. The van der Waals surface area contributed by atoms with Crippen LogP contribution in [0.3, 0.4) is 0 Å². The molecular weight excluding hydrogens is 337 g/mol. The summed E-state index contributed by atoms with van der Waals surface area (Å²) in [5.41, 5.74) is -1.39. The van der Waals surface area contributed by atoms with Crippen LogP contribution in [0.25, 0.3) is 5.69 Å². The van der Waals surface area contributed by atoms with Gasteiger partial charge >= 0.3 is 6.18 Å². The summed E-state index contributed by atoms with van der Waals surface area (Å²) >= 11 is 0. The van der Waals surface area contributed by atoms with Crippen molar-refractivity contribution >= 4 is 5.91 Å². The third-order valence-electron chi connectivity index (χ3n) is 3.40.